The van der Waals surface area contributed by atoms with Gasteiger partial charge in [-0.15, -0.1) is 0 Å². The molecule has 3 heteroatoms. The standard InChI is InChI=1S/C32H33NO2/c1-34-30-18-15-26-21-28(14-13-27(26)22-30)31-9-5-6-10-32(31)33-20-19-24-11-16-29(17-12-24)35-23-25-7-3-2-4-8-25/h2-12,15-18,22,28,33H,13-14,19-21,23H2,1H3. The minimum Gasteiger partial charge on any atom is -0.497 e. The third-order valence-electron chi connectivity index (χ3n) is 6.94. The van der Waals surface area contributed by atoms with Crippen LogP contribution in [0.15, 0.2) is 97.1 Å². The lowest BCUT2D eigenvalue weighted by molar-refractivity contribution is 0.306. The van der Waals surface area contributed by atoms with Crippen LogP contribution >= 0.6 is 0 Å². The zero-order valence-corrected chi connectivity index (χ0v) is 20.4. The van der Waals surface area contributed by atoms with Gasteiger partial charge in [-0.3, -0.25) is 0 Å². The number of benzene rings is 4. The van der Waals surface area contributed by atoms with Crippen molar-refractivity contribution in [3.05, 3.63) is 125 Å². The topological polar surface area (TPSA) is 30.5 Å². The molecule has 1 unspecified atom stereocenters. The maximum atomic E-state index is 5.92. The average Bonchev–Trinajstić information content (AvgIpc) is 2.93. The lowest BCUT2D eigenvalue weighted by atomic mass is 9.79. The Labute approximate surface area is 208 Å². The normalized spacial score (nSPS) is 14.7. The minimum atomic E-state index is 0.542. The molecule has 1 N–H and O–H groups in total. The highest BCUT2D eigenvalue weighted by molar-refractivity contribution is 5.54. The molecule has 4 aromatic rings. The van der Waals surface area contributed by atoms with Gasteiger partial charge in [0.1, 0.15) is 18.1 Å². The van der Waals surface area contributed by atoms with Gasteiger partial charge in [-0.1, -0.05) is 66.7 Å². The highest BCUT2D eigenvalue weighted by Crippen LogP contribution is 2.37. The molecule has 4 aromatic carbocycles. The van der Waals surface area contributed by atoms with Gasteiger partial charge in [0.25, 0.3) is 0 Å². The van der Waals surface area contributed by atoms with Gasteiger partial charge >= 0.3 is 0 Å². The van der Waals surface area contributed by atoms with E-state index in [4.69, 9.17) is 9.47 Å². The molecule has 0 saturated heterocycles. The Bertz CT molecular complexity index is 1230. The number of hydrogen-bond donors (Lipinski definition) is 1. The summed E-state index contributed by atoms with van der Waals surface area (Å²) in [5.74, 6) is 2.41. The second kappa shape index (κ2) is 11.1. The number of para-hydroxylation sites is 1. The molecule has 0 aliphatic heterocycles. The van der Waals surface area contributed by atoms with Crippen LogP contribution in [0.25, 0.3) is 0 Å². The van der Waals surface area contributed by atoms with E-state index in [1.165, 1.54) is 39.9 Å². The zero-order valence-electron chi connectivity index (χ0n) is 20.4. The van der Waals surface area contributed by atoms with E-state index in [0.717, 1.165) is 37.3 Å². The van der Waals surface area contributed by atoms with Gasteiger partial charge in [0.05, 0.1) is 7.11 Å². The predicted octanol–water partition coefficient (Wildman–Crippen LogP) is 7.20. The SMILES string of the molecule is COc1ccc2c(c1)CCC(c1ccccc1NCCc1ccc(OCc3ccccc3)cc1)C2. The Morgan fingerprint density at radius 1 is 0.771 bits per heavy atom. The Morgan fingerprint density at radius 3 is 2.37 bits per heavy atom. The summed E-state index contributed by atoms with van der Waals surface area (Å²) in [6.45, 7) is 1.50. The number of aryl methyl sites for hydroxylation is 1. The maximum Gasteiger partial charge on any atom is 0.119 e. The van der Waals surface area contributed by atoms with Crippen molar-refractivity contribution < 1.29 is 9.47 Å². The van der Waals surface area contributed by atoms with E-state index in [0.29, 0.717) is 12.5 Å². The van der Waals surface area contributed by atoms with Crippen molar-refractivity contribution >= 4 is 5.69 Å². The lowest BCUT2D eigenvalue weighted by Gasteiger charge is -2.27. The first-order valence-corrected chi connectivity index (χ1v) is 12.5. The first-order valence-electron chi connectivity index (χ1n) is 12.5. The third-order valence-corrected chi connectivity index (χ3v) is 6.94. The van der Waals surface area contributed by atoms with Crippen LogP contribution in [0.3, 0.4) is 0 Å². The van der Waals surface area contributed by atoms with Crippen molar-refractivity contribution in [3.63, 3.8) is 0 Å². The van der Waals surface area contributed by atoms with Crippen molar-refractivity contribution in [2.24, 2.45) is 0 Å². The maximum absolute atomic E-state index is 5.92. The summed E-state index contributed by atoms with van der Waals surface area (Å²) < 4.78 is 11.3. The Hall–Kier alpha value is -3.72. The van der Waals surface area contributed by atoms with Gasteiger partial charge in [-0.25, -0.2) is 0 Å². The van der Waals surface area contributed by atoms with E-state index in [-0.39, 0.29) is 0 Å². The fourth-order valence-corrected chi connectivity index (χ4v) is 4.97. The second-order valence-electron chi connectivity index (χ2n) is 9.26. The van der Waals surface area contributed by atoms with E-state index in [1.54, 1.807) is 7.11 Å². The molecule has 0 aromatic heterocycles. The third kappa shape index (κ3) is 5.86. The molecule has 0 spiro atoms. The van der Waals surface area contributed by atoms with Crippen LogP contribution < -0.4 is 14.8 Å². The van der Waals surface area contributed by atoms with Gasteiger partial charge in [-0.05, 0) is 89.8 Å². The summed E-state index contributed by atoms with van der Waals surface area (Å²) >= 11 is 0. The van der Waals surface area contributed by atoms with E-state index < -0.39 is 0 Å². The highest BCUT2D eigenvalue weighted by atomic mass is 16.5. The van der Waals surface area contributed by atoms with Gasteiger partial charge in [0.15, 0.2) is 0 Å². The predicted molar refractivity (Wildman–Crippen MR) is 144 cm³/mol. The molecule has 1 aliphatic rings. The summed E-state index contributed by atoms with van der Waals surface area (Å²) in [6.07, 6.45) is 4.33. The van der Waals surface area contributed by atoms with E-state index in [2.05, 4.69) is 84.2 Å². The van der Waals surface area contributed by atoms with E-state index in [1.807, 2.05) is 18.2 Å². The van der Waals surface area contributed by atoms with Crippen molar-refractivity contribution in [2.75, 3.05) is 19.0 Å². The highest BCUT2D eigenvalue weighted by Gasteiger charge is 2.22. The molecular weight excluding hydrogens is 430 g/mol. The Morgan fingerprint density at radius 2 is 1.54 bits per heavy atom. The summed E-state index contributed by atoms with van der Waals surface area (Å²) in [6, 6.07) is 34.1. The summed E-state index contributed by atoms with van der Waals surface area (Å²) in [5, 5.41) is 3.71. The lowest BCUT2D eigenvalue weighted by Crippen LogP contribution is -2.15. The van der Waals surface area contributed by atoms with Crippen molar-refractivity contribution in [1.29, 1.82) is 0 Å². The number of rotatable bonds is 9. The first-order chi connectivity index (χ1) is 17.3. The Balaban J connectivity index is 1.16. The van der Waals surface area contributed by atoms with Crippen LogP contribution in [0.2, 0.25) is 0 Å². The van der Waals surface area contributed by atoms with Gasteiger partial charge in [0, 0.05) is 12.2 Å². The van der Waals surface area contributed by atoms with Crippen LogP contribution in [0.5, 0.6) is 11.5 Å². The van der Waals surface area contributed by atoms with Crippen LogP contribution in [0, 0.1) is 0 Å². The number of ether oxygens (including phenoxy) is 2. The number of methoxy groups -OCH3 is 1. The van der Waals surface area contributed by atoms with Crippen LogP contribution in [0.1, 0.15) is 40.2 Å². The van der Waals surface area contributed by atoms with Crippen molar-refractivity contribution in [2.45, 2.75) is 38.2 Å². The zero-order chi connectivity index (χ0) is 23.9. The summed E-state index contributed by atoms with van der Waals surface area (Å²) in [4.78, 5) is 0. The Kier molecular flexibility index (Phi) is 7.33. The molecule has 0 fully saturated rings. The molecule has 35 heavy (non-hydrogen) atoms. The molecule has 0 radical (unpaired) electrons. The first kappa shape index (κ1) is 23.0. The van der Waals surface area contributed by atoms with Crippen LogP contribution in [-0.4, -0.2) is 13.7 Å². The van der Waals surface area contributed by atoms with Gasteiger partial charge in [-0.2, -0.15) is 0 Å². The monoisotopic (exact) mass is 463 g/mol. The molecule has 5 rings (SSSR count). The fraction of sp³-hybridized carbons (Fsp3) is 0.250. The average molecular weight is 464 g/mol. The second-order valence-corrected chi connectivity index (χ2v) is 9.26. The molecule has 0 saturated carbocycles. The van der Waals surface area contributed by atoms with Crippen molar-refractivity contribution in [1.82, 2.24) is 0 Å². The fourth-order valence-electron chi connectivity index (χ4n) is 4.97. The molecule has 3 nitrogen and oxygen atoms in total. The summed E-state index contributed by atoms with van der Waals surface area (Å²) in [5.41, 5.74) is 8.06. The van der Waals surface area contributed by atoms with Crippen molar-refractivity contribution in [3.8, 4) is 11.5 Å². The van der Waals surface area contributed by atoms with Crippen LogP contribution in [0.4, 0.5) is 5.69 Å². The van der Waals surface area contributed by atoms with E-state index in [9.17, 15) is 0 Å². The quantitative estimate of drug-likeness (QED) is 0.285. The van der Waals surface area contributed by atoms with Gasteiger partial charge in [0.2, 0.25) is 0 Å². The molecule has 1 atom stereocenters. The minimum absolute atomic E-state index is 0.542. The number of anilines is 1. The van der Waals surface area contributed by atoms with E-state index >= 15 is 0 Å². The largest absolute Gasteiger partial charge is 0.497 e. The van der Waals surface area contributed by atoms with Gasteiger partial charge < -0.3 is 14.8 Å². The number of fused-ring (bicyclic) bond motifs is 1. The van der Waals surface area contributed by atoms with Crippen LogP contribution in [-0.2, 0) is 25.9 Å². The molecule has 178 valence electrons. The molecular formula is C32H33NO2. The number of nitrogens with one attached hydrogen (secondary N) is 1. The number of hydrogen-bond acceptors (Lipinski definition) is 3. The molecule has 0 amide bonds. The molecule has 1 aliphatic carbocycles. The molecule has 0 bridgehead atoms. The molecule has 0 heterocycles. The summed E-state index contributed by atoms with van der Waals surface area (Å²) in [7, 11) is 1.74. The smallest absolute Gasteiger partial charge is 0.119 e.